The Bertz CT molecular complexity index is 825. The molecule has 2 aliphatic rings. The lowest BCUT2D eigenvalue weighted by Crippen LogP contribution is -2.56. The Balaban J connectivity index is 1.50. The van der Waals surface area contributed by atoms with Crippen molar-refractivity contribution in [3.05, 3.63) is 71.0 Å². The molecule has 2 aromatic rings. The summed E-state index contributed by atoms with van der Waals surface area (Å²) in [5, 5.41) is 0.467. The van der Waals surface area contributed by atoms with Gasteiger partial charge in [0.25, 0.3) is 0 Å². The minimum absolute atomic E-state index is 0.0380. The average molecular weight is 371 g/mol. The maximum atomic E-state index is 12.7. The number of hydrogen-bond donors (Lipinski definition) is 0. The Morgan fingerprint density at radius 2 is 2.12 bits per heavy atom. The number of amides is 1. The van der Waals surface area contributed by atoms with Gasteiger partial charge in [-0.05, 0) is 35.3 Å². The maximum absolute atomic E-state index is 12.7. The Hall–Kier alpha value is -2.37. The summed E-state index contributed by atoms with van der Waals surface area (Å²) in [4.78, 5) is 18.5. The van der Waals surface area contributed by atoms with Crippen LogP contribution in [0.1, 0.15) is 17.5 Å². The van der Waals surface area contributed by atoms with Gasteiger partial charge in [0.2, 0.25) is 0 Å². The summed E-state index contributed by atoms with van der Waals surface area (Å²) in [6.45, 7) is 1.25. The van der Waals surface area contributed by atoms with Gasteiger partial charge in [0.1, 0.15) is 11.8 Å². The molecule has 26 heavy (non-hydrogen) atoms. The van der Waals surface area contributed by atoms with Gasteiger partial charge in [-0.2, -0.15) is 0 Å². The fourth-order valence-corrected chi connectivity index (χ4v) is 3.66. The molecule has 1 aromatic heterocycles. The first-order chi connectivity index (χ1) is 12.7. The Morgan fingerprint density at radius 3 is 2.88 bits per heavy atom. The number of rotatable bonds is 3. The molecule has 0 aliphatic carbocycles. The second-order valence-electron chi connectivity index (χ2n) is 6.47. The summed E-state index contributed by atoms with van der Waals surface area (Å²) in [5.74, 6) is 0. The number of hydrogen-bond acceptors (Lipinski definition) is 4. The van der Waals surface area contributed by atoms with Gasteiger partial charge >= 0.3 is 6.09 Å². The molecule has 2 atom stereocenters. The molecule has 134 valence electrons. The van der Waals surface area contributed by atoms with E-state index in [2.05, 4.69) is 11.1 Å². The molecule has 0 radical (unpaired) electrons. The van der Waals surface area contributed by atoms with Crippen molar-refractivity contribution in [1.29, 1.82) is 0 Å². The largest absolute Gasteiger partial charge is 0.445 e. The third-order valence-corrected chi connectivity index (χ3v) is 4.92. The van der Waals surface area contributed by atoms with E-state index in [0.717, 1.165) is 11.1 Å². The van der Waals surface area contributed by atoms with Crippen LogP contribution in [0.15, 0.2) is 54.7 Å². The number of aromatic nitrogens is 1. The van der Waals surface area contributed by atoms with Crippen LogP contribution in [-0.4, -0.2) is 41.3 Å². The van der Waals surface area contributed by atoms with Gasteiger partial charge in [0.05, 0.1) is 25.3 Å². The van der Waals surface area contributed by atoms with Crippen LogP contribution in [0.3, 0.4) is 0 Å². The summed E-state index contributed by atoms with van der Waals surface area (Å²) in [6, 6.07) is 13.3. The first-order valence-electron chi connectivity index (χ1n) is 8.60. The lowest BCUT2D eigenvalue weighted by Gasteiger charge is -2.43. The summed E-state index contributed by atoms with van der Waals surface area (Å²) < 4.78 is 11.2. The normalized spacial score (nSPS) is 21.9. The molecular weight excluding hydrogens is 352 g/mol. The first kappa shape index (κ1) is 17.1. The van der Waals surface area contributed by atoms with E-state index in [0.29, 0.717) is 24.8 Å². The van der Waals surface area contributed by atoms with Crippen LogP contribution >= 0.6 is 11.6 Å². The van der Waals surface area contributed by atoms with Gasteiger partial charge in [0.15, 0.2) is 0 Å². The topological polar surface area (TPSA) is 51.7 Å². The molecule has 1 fully saturated rings. The van der Waals surface area contributed by atoms with E-state index in [4.69, 9.17) is 21.1 Å². The van der Waals surface area contributed by atoms with Crippen LogP contribution in [0.4, 0.5) is 4.79 Å². The lowest BCUT2D eigenvalue weighted by atomic mass is 9.90. The van der Waals surface area contributed by atoms with E-state index in [-0.39, 0.29) is 24.8 Å². The second-order valence-corrected chi connectivity index (χ2v) is 6.86. The number of morpholine rings is 1. The Morgan fingerprint density at radius 1 is 1.27 bits per heavy atom. The lowest BCUT2D eigenvalue weighted by molar-refractivity contribution is -0.0342. The van der Waals surface area contributed by atoms with Crippen LogP contribution in [0.2, 0.25) is 5.15 Å². The van der Waals surface area contributed by atoms with Crippen LogP contribution in [0.5, 0.6) is 0 Å². The first-order valence-corrected chi connectivity index (χ1v) is 8.98. The Labute approximate surface area is 157 Å². The van der Waals surface area contributed by atoms with Crippen molar-refractivity contribution in [1.82, 2.24) is 9.88 Å². The molecule has 1 amide bonds. The molecule has 2 aliphatic heterocycles. The molecule has 0 saturated carbocycles. The fraction of sp³-hybridized carbons (Fsp3) is 0.300. The molecule has 4 rings (SSSR count). The van der Waals surface area contributed by atoms with E-state index >= 15 is 0 Å². The quantitative estimate of drug-likeness (QED) is 0.768. The molecule has 3 heterocycles. The van der Waals surface area contributed by atoms with E-state index < -0.39 is 0 Å². The van der Waals surface area contributed by atoms with Gasteiger partial charge < -0.3 is 9.47 Å². The number of nitrogens with zero attached hydrogens (tertiary/aromatic N) is 2. The van der Waals surface area contributed by atoms with Crippen molar-refractivity contribution in [3.8, 4) is 0 Å². The number of fused-ring (bicyclic) bond motifs is 2. The zero-order valence-corrected chi connectivity index (χ0v) is 14.9. The average Bonchev–Trinajstić information content (AvgIpc) is 2.66. The third kappa shape index (κ3) is 3.59. The van der Waals surface area contributed by atoms with E-state index in [9.17, 15) is 4.79 Å². The zero-order valence-electron chi connectivity index (χ0n) is 14.2. The standard InChI is InChI=1S/C20H19ClN2O3/c21-19-10-15(6-7-22-19)16-8-17-12-25-13-18(9-16)23(17)20(24)26-11-14-4-2-1-3-5-14/h1-8,10,17-18H,9,11-13H2. The van der Waals surface area contributed by atoms with Gasteiger partial charge in [-0.1, -0.05) is 48.0 Å². The number of benzene rings is 1. The number of carbonyl (C=O) groups excluding carboxylic acids is 1. The molecule has 5 nitrogen and oxygen atoms in total. The van der Waals surface area contributed by atoms with E-state index in [1.54, 1.807) is 11.1 Å². The fourth-order valence-electron chi connectivity index (χ4n) is 3.49. The molecular formula is C20H19ClN2O3. The third-order valence-electron chi connectivity index (χ3n) is 4.71. The molecule has 1 saturated heterocycles. The van der Waals surface area contributed by atoms with E-state index in [1.165, 1.54) is 5.57 Å². The molecule has 1 aromatic carbocycles. The Kier molecular flexibility index (Phi) is 4.91. The van der Waals surface area contributed by atoms with Gasteiger partial charge in [-0.3, -0.25) is 4.90 Å². The van der Waals surface area contributed by atoms with Gasteiger partial charge in [-0.25, -0.2) is 9.78 Å². The van der Waals surface area contributed by atoms with Crippen molar-refractivity contribution >= 4 is 23.3 Å². The molecule has 6 heteroatoms. The molecule has 0 spiro atoms. The van der Waals surface area contributed by atoms with Gasteiger partial charge in [0, 0.05) is 6.20 Å². The predicted molar refractivity (Wildman–Crippen MR) is 98.7 cm³/mol. The van der Waals surface area contributed by atoms with Crippen LogP contribution < -0.4 is 0 Å². The highest BCUT2D eigenvalue weighted by Crippen LogP contribution is 2.33. The summed E-state index contributed by atoms with van der Waals surface area (Å²) in [7, 11) is 0. The highest BCUT2D eigenvalue weighted by Gasteiger charge is 2.39. The smallest absolute Gasteiger partial charge is 0.411 e. The molecule has 2 bridgehead atoms. The monoisotopic (exact) mass is 370 g/mol. The van der Waals surface area contributed by atoms with Gasteiger partial charge in [-0.15, -0.1) is 0 Å². The van der Waals surface area contributed by atoms with Crippen molar-refractivity contribution in [2.45, 2.75) is 25.1 Å². The van der Waals surface area contributed by atoms with Crippen molar-refractivity contribution in [2.24, 2.45) is 0 Å². The highest BCUT2D eigenvalue weighted by atomic mass is 35.5. The van der Waals surface area contributed by atoms with Crippen LogP contribution in [-0.2, 0) is 16.1 Å². The summed E-state index contributed by atoms with van der Waals surface area (Å²) in [5.41, 5.74) is 3.18. The van der Waals surface area contributed by atoms with Crippen molar-refractivity contribution in [3.63, 3.8) is 0 Å². The van der Waals surface area contributed by atoms with E-state index in [1.807, 2.05) is 42.5 Å². The van der Waals surface area contributed by atoms with Crippen molar-refractivity contribution < 1.29 is 14.3 Å². The van der Waals surface area contributed by atoms with Crippen LogP contribution in [0.25, 0.3) is 5.57 Å². The zero-order chi connectivity index (χ0) is 17.9. The summed E-state index contributed by atoms with van der Waals surface area (Å²) in [6.07, 6.45) is 4.18. The van der Waals surface area contributed by atoms with Crippen molar-refractivity contribution in [2.75, 3.05) is 13.2 Å². The number of halogens is 1. The summed E-state index contributed by atoms with van der Waals surface area (Å²) >= 11 is 6.02. The second kappa shape index (κ2) is 7.48. The minimum Gasteiger partial charge on any atom is -0.445 e. The minimum atomic E-state index is -0.296. The molecule has 2 unspecified atom stereocenters. The number of carbonyl (C=O) groups is 1. The van der Waals surface area contributed by atoms with Crippen LogP contribution in [0, 0.1) is 0 Å². The maximum Gasteiger partial charge on any atom is 0.411 e. The number of pyridine rings is 1. The predicted octanol–water partition coefficient (Wildman–Crippen LogP) is 3.93. The number of ether oxygens (including phenoxy) is 2. The highest BCUT2D eigenvalue weighted by molar-refractivity contribution is 6.29. The SMILES string of the molecule is O=C(OCc1ccccc1)N1C2C=C(c3ccnc(Cl)c3)CC1COC2. The molecule has 0 N–H and O–H groups in total.